The fourth-order valence-electron chi connectivity index (χ4n) is 3.87. The molecule has 6 heteroatoms. The molecule has 1 aliphatic carbocycles. The molecule has 0 amide bonds. The van der Waals surface area contributed by atoms with Gasteiger partial charge >= 0.3 is 0 Å². The Morgan fingerprint density at radius 2 is 1.73 bits per heavy atom. The van der Waals surface area contributed by atoms with E-state index in [4.69, 9.17) is 9.97 Å². The molecule has 0 aliphatic heterocycles. The lowest BCUT2D eigenvalue weighted by Crippen LogP contribution is -2.23. The first kappa shape index (κ1) is 19.0. The maximum Gasteiger partial charge on any atom is 0.138 e. The van der Waals surface area contributed by atoms with Gasteiger partial charge in [0, 0.05) is 18.2 Å². The van der Waals surface area contributed by atoms with E-state index in [1.54, 1.807) is 0 Å². The van der Waals surface area contributed by atoms with Crippen molar-refractivity contribution < 1.29 is 0 Å². The molecule has 4 aromatic rings. The van der Waals surface area contributed by atoms with Gasteiger partial charge in [0.15, 0.2) is 0 Å². The van der Waals surface area contributed by atoms with E-state index >= 15 is 0 Å². The van der Waals surface area contributed by atoms with Gasteiger partial charge in [0.05, 0.1) is 23.1 Å². The van der Waals surface area contributed by atoms with Crippen molar-refractivity contribution in [3.8, 4) is 11.1 Å². The van der Waals surface area contributed by atoms with Crippen molar-refractivity contribution in [2.24, 2.45) is 0 Å². The molecule has 0 bridgehead atoms. The standard InChI is InChI=1S/C24H23N5S/c30-27-16-24(12-13-24)23-28-20-11-6-10-19(17-7-2-1-3-8-17)21(20)22(29-23)26-15-18-9-4-5-14-25-18/h1-11,14,27,30H,12-13,15-16H2,(H,26,28,29). The van der Waals surface area contributed by atoms with E-state index in [1.165, 1.54) is 0 Å². The summed E-state index contributed by atoms with van der Waals surface area (Å²) in [5.74, 6) is 1.73. The lowest BCUT2D eigenvalue weighted by atomic mass is 10.00. The zero-order chi connectivity index (χ0) is 20.4. The number of rotatable bonds is 7. The van der Waals surface area contributed by atoms with E-state index in [9.17, 15) is 0 Å². The lowest BCUT2D eigenvalue weighted by Gasteiger charge is -2.18. The van der Waals surface area contributed by atoms with Crippen LogP contribution in [0, 0.1) is 0 Å². The van der Waals surface area contributed by atoms with Gasteiger partial charge in [0.2, 0.25) is 0 Å². The Hall–Kier alpha value is -2.96. The third-order valence-electron chi connectivity index (χ3n) is 5.72. The predicted molar refractivity (Wildman–Crippen MR) is 124 cm³/mol. The summed E-state index contributed by atoms with van der Waals surface area (Å²) in [7, 11) is 0. The average molecular weight is 414 g/mol. The van der Waals surface area contributed by atoms with Gasteiger partial charge in [-0.05, 0) is 42.2 Å². The third-order valence-corrected chi connectivity index (χ3v) is 5.87. The second-order valence-electron chi connectivity index (χ2n) is 7.75. The first-order valence-electron chi connectivity index (χ1n) is 10.2. The van der Waals surface area contributed by atoms with E-state index in [0.717, 1.165) is 58.8 Å². The molecule has 1 aliphatic rings. The van der Waals surface area contributed by atoms with Gasteiger partial charge in [0.1, 0.15) is 11.6 Å². The summed E-state index contributed by atoms with van der Waals surface area (Å²) in [6.07, 6.45) is 3.96. The van der Waals surface area contributed by atoms with Gasteiger partial charge in [-0.25, -0.2) is 9.97 Å². The highest BCUT2D eigenvalue weighted by atomic mass is 32.1. The Morgan fingerprint density at radius 1 is 0.900 bits per heavy atom. The largest absolute Gasteiger partial charge is 0.364 e. The van der Waals surface area contributed by atoms with Crippen LogP contribution in [0.4, 0.5) is 5.82 Å². The molecule has 0 atom stereocenters. The highest BCUT2D eigenvalue weighted by molar-refractivity contribution is 7.78. The Labute approximate surface area is 181 Å². The van der Waals surface area contributed by atoms with Crippen LogP contribution < -0.4 is 10.0 Å². The number of fused-ring (bicyclic) bond motifs is 1. The van der Waals surface area contributed by atoms with Crippen LogP contribution in [0.15, 0.2) is 72.9 Å². The zero-order valence-electron chi connectivity index (χ0n) is 16.5. The van der Waals surface area contributed by atoms with Crippen LogP contribution in [0.1, 0.15) is 24.4 Å². The van der Waals surface area contributed by atoms with Crippen molar-refractivity contribution in [3.05, 3.63) is 84.4 Å². The van der Waals surface area contributed by atoms with Gasteiger partial charge < -0.3 is 5.32 Å². The average Bonchev–Trinajstić information content (AvgIpc) is 3.59. The van der Waals surface area contributed by atoms with E-state index in [-0.39, 0.29) is 5.41 Å². The van der Waals surface area contributed by atoms with E-state index in [1.807, 2.05) is 30.5 Å². The molecule has 2 aromatic heterocycles. The first-order chi connectivity index (χ1) is 14.8. The van der Waals surface area contributed by atoms with E-state index in [2.05, 4.69) is 70.3 Å². The van der Waals surface area contributed by atoms with Crippen molar-refractivity contribution >= 4 is 29.5 Å². The monoisotopic (exact) mass is 413 g/mol. The topological polar surface area (TPSA) is 62.7 Å². The van der Waals surface area contributed by atoms with Crippen LogP contribution in [0.25, 0.3) is 22.0 Å². The molecule has 2 heterocycles. The highest BCUT2D eigenvalue weighted by Gasteiger charge is 2.47. The molecule has 150 valence electrons. The predicted octanol–water partition coefficient (Wildman–Crippen LogP) is 4.77. The van der Waals surface area contributed by atoms with Crippen molar-refractivity contribution in [2.75, 3.05) is 11.9 Å². The molecule has 0 unspecified atom stereocenters. The summed E-state index contributed by atoms with van der Waals surface area (Å²) < 4.78 is 3.02. The summed E-state index contributed by atoms with van der Waals surface area (Å²) in [4.78, 5) is 14.5. The molecule has 5 rings (SSSR count). The number of benzene rings is 2. The van der Waals surface area contributed by atoms with Crippen LogP contribution in [0.3, 0.4) is 0 Å². The minimum absolute atomic E-state index is 0.0277. The second kappa shape index (κ2) is 8.05. The minimum atomic E-state index is -0.0277. The number of nitrogens with one attached hydrogen (secondary N) is 2. The van der Waals surface area contributed by atoms with Crippen molar-refractivity contribution in [1.29, 1.82) is 0 Å². The number of hydrogen-bond donors (Lipinski definition) is 3. The zero-order valence-corrected chi connectivity index (χ0v) is 17.4. The molecule has 1 fully saturated rings. The van der Waals surface area contributed by atoms with Gasteiger partial charge in [0.25, 0.3) is 0 Å². The molecule has 0 saturated heterocycles. The van der Waals surface area contributed by atoms with Crippen molar-refractivity contribution in [2.45, 2.75) is 24.8 Å². The van der Waals surface area contributed by atoms with Crippen LogP contribution in [-0.4, -0.2) is 21.5 Å². The van der Waals surface area contributed by atoms with E-state index in [0.29, 0.717) is 6.54 Å². The number of aromatic nitrogens is 3. The fourth-order valence-corrected chi connectivity index (χ4v) is 4.17. The Balaban J connectivity index is 1.64. The summed E-state index contributed by atoms with van der Waals surface area (Å²) in [6.45, 7) is 1.37. The highest BCUT2D eigenvalue weighted by Crippen LogP contribution is 2.47. The fraction of sp³-hybridized carbons (Fsp3) is 0.208. The summed E-state index contributed by atoms with van der Waals surface area (Å²) >= 11 is 4.23. The number of thiol groups is 1. The smallest absolute Gasteiger partial charge is 0.138 e. The van der Waals surface area contributed by atoms with Crippen LogP contribution in [0.5, 0.6) is 0 Å². The Bertz CT molecular complexity index is 1160. The van der Waals surface area contributed by atoms with Gasteiger partial charge in [-0.15, -0.1) is 0 Å². The van der Waals surface area contributed by atoms with Gasteiger partial charge in [-0.2, -0.15) is 0 Å². The second-order valence-corrected chi connectivity index (χ2v) is 8.07. The van der Waals surface area contributed by atoms with E-state index < -0.39 is 0 Å². The maximum atomic E-state index is 5.03. The molecular formula is C24H23N5S. The molecule has 2 N–H and O–H groups in total. The van der Waals surface area contributed by atoms with Crippen LogP contribution in [-0.2, 0) is 12.0 Å². The lowest BCUT2D eigenvalue weighted by molar-refractivity contribution is 0.633. The molecule has 0 spiro atoms. The van der Waals surface area contributed by atoms with Crippen molar-refractivity contribution in [1.82, 2.24) is 19.7 Å². The SMILES string of the molecule is SNCC1(c2nc(NCc3ccccn3)c3c(-c4ccccc4)cccc3n2)CC1. The van der Waals surface area contributed by atoms with Gasteiger partial charge in [-0.3, -0.25) is 9.71 Å². The molecule has 0 radical (unpaired) electrons. The summed E-state index contributed by atoms with van der Waals surface area (Å²) in [5, 5.41) is 4.58. The molecular weight excluding hydrogens is 390 g/mol. The number of hydrogen-bond acceptors (Lipinski definition) is 6. The maximum absolute atomic E-state index is 5.03. The number of anilines is 1. The number of nitrogens with zero attached hydrogens (tertiary/aromatic N) is 3. The third kappa shape index (κ3) is 3.64. The molecule has 1 saturated carbocycles. The minimum Gasteiger partial charge on any atom is -0.364 e. The molecule has 30 heavy (non-hydrogen) atoms. The molecule has 2 aromatic carbocycles. The Kier molecular flexibility index (Phi) is 5.11. The van der Waals surface area contributed by atoms with Gasteiger partial charge in [-0.1, -0.05) is 61.3 Å². The van der Waals surface area contributed by atoms with Crippen LogP contribution >= 0.6 is 12.8 Å². The first-order valence-corrected chi connectivity index (χ1v) is 10.6. The van der Waals surface area contributed by atoms with Crippen molar-refractivity contribution in [3.63, 3.8) is 0 Å². The number of pyridine rings is 1. The van der Waals surface area contributed by atoms with Crippen LogP contribution in [0.2, 0.25) is 0 Å². The Morgan fingerprint density at radius 3 is 2.47 bits per heavy atom. The quantitative estimate of drug-likeness (QED) is 0.381. The summed E-state index contributed by atoms with van der Waals surface area (Å²) in [6, 6.07) is 22.6. The molecule has 5 nitrogen and oxygen atoms in total. The normalized spacial score (nSPS) is 14.6. The summed E-state index contributed by atoms with van der Waals surface area (Å²) in [5.41, 5.74) is 4.18.